The third-order valence-corrected chi connectivity index (χ3v) is 4.75. The predicted octanol–water partition coefficient (Wildman–Crippen LogP) is 1.30. The van der Waals surface area contributed by atoms with Crippen LogP contribution in [0, 0.1) is 0 Å². The summed E-state index contributed by atoms with van der Waals surface area (Å²) in [4.78, 5) is 12.1. The van der Waals surface area contributed by atoms with E-state index in [0.717, 1.165) is 30.8 Å². The molecule has 3 atom stereocenters. The van der Waals surface area contributed by atoms with Crippen LogP contribution in [0.2, 0.25) is 0 Å². The molecule has 0 aromatic heterocycles. The topological polar surface area (TPSA) is 83.7 Å². The van der Waals surface area contributed by atoms with Gasteiger partial charge in [0.15, 0.2) is 0 Å². The van der Waals surface area contributed by atoms with Crippen molar-refractivity contribution < 1.29 is 14.3 Å². The number of hydrogen-bond donors (Lipinski definition) is 4. The Morgan fingerprint density at radius 3 is 2.60 bits per heavy atom. The molecule has 2 fully saturated rings. The van der Waals surface area contributed by atoms with Gasteiger partial charge >= 0.3 is 6.03 Å². The van der Waals surface area contributed by atoms with Crippen molar-refractivity contribution in [2.24, 2.45) is 0 Å². The van der Waals surface area contributed by atoms with Gasteiger partial charge in [-0.25, -0.2) is 4.79 Å². The molecule has 3 rings (SSSR count). The van der Waals surface area contributed by atoms with Crippen molar-refractivity contribution in [3.05, 3.63) is 29.8 Å². The van der Waals surface area contributed by atoms with Crippen LogP contribution in [0.4, 0.5) is 4.79 Å². The van der Waals surface area contributed by atoms with Crippen molar-refractivity contribution in [1.82, 2.24) is 21.5 Å². The Labute approximate surface area is 148 Å². The molecule has 2 amide bonds. The van der Waals surface area contributed by atoms with Gasteiger partial charge in [-0.2, -0.15) is 0 Å². The molecular weight excluding hydrogens is 320 g/mol. The number of hydrogen-bond acceptors (Lipinski definition) is 5. The van der Waals surface area contributed by atoms with Gasteiger partial charge in [0.25, 0.3) is 0 Å². The van der Waals surface area contributed by atoms with Crippen molar-refractivity contribution in [2.45, 2.75) is 57.5 Å². The third-order valence-electron chi connectivity index (χ3n) is 4.75. The maximum atomic E-state index is 12.1. The van der Waals surface area contributed by atoms with E-state index in [1.54, 1.807) is 0 Å². The molecule has 1 aromatic rings. The van der Waals surface area contributed by atoms with Crippen LogP contribution in [0.1, 0.15) is 32.3 Å². The molecule has 4 N–H and O–H groups in total. The molecule has 2 aliphatic heterocycles. The minimum Gasteiger partial charge on any atom is -0.491 e. The van der Waals surface area contributed by atoms with E-state index >= 15 is 0 Å². The number of rotatable bonds is 6. The highest BCUT2D eigenvalue weighted by Crippen LogP contribution is 2.16. The number of benzene rings is 1. The Morgan fingerprint density at radius 1 is 1.24 bits per heavy atom. The smallest absolute Gasteiger partial charge is 0.315 e. The average Bonchev–Trinajstić information content (AvgIpc) is 3.24. The van der Waals surface area contributed by atoms with E-state index in [4.69, 9.17) is 9.47 Å². The molecule has 25 heavy (non-hydrogen) atoms. The first-order chi connectivity index (χ1) is 12.1. The van der Waals surface area contributed by atoms with Crippen molar-refractivity contribution in [3.8, 4) is 5.75 Å². The highest BCUT2D eigenvalue weighted by Gasteiger charge is 2.30. The fraction of sp³-hybridized carbons (Fsp3) is 0.611. The van der Waals surface area contributed by atoms with E-state index in [9.17, 15) is 4.79 Å². The molecule has 2 saturated heterocycles. The zero-order chi connectivity index (χ0) is 17.6. The van der Waals surface area contributed by atoms with Gasteiger partial charge < -0.3 is 20.1 Å². The van der Waals surface area contributed by atoms with E-state index in [1.165, 1.54) is 0 Å². The van der Waals surface area contributed by atoms with Crippen molar-refractivity contribution in [3.63, 3.8) is 0 Å². The van der Waals surface area contributed by atoms with Gasteiger partial charge in [0.2, 0.25) is 0 Å². The number of hydrazine groups is 1. The highest BCUT2D eigenvalue weighted by atomic mass is 16.5. The number of ether oxygens (including phenoxy) is 2. The summed E-state index contributed by atoms with van der Waals surface area (Å²) in [7, 11) is 0. The Hall–Kier alpha value is -1.83. The molecule has 2 aliphatic rings. The van der Waals surface area contributed by atoms with Crippen molar-refractivity contribution in [2.75, 3.05) is 13.2 Å². The molecule has 1 aromatic carbocycles. The minimum atomic E-state index is -0.159. The lowest BCUT2D eigenvalue weighted by atomic mass is 10.1. The Bertz CT molecular complexity index is 550. The predicted molar refractivity (Wildman–Crippen MR) is 95.3 cm³/mol. The molecule has 2 heterocycles. The lowest BCUT2D eigenvalue weighted by molar-refractivity contribution is 0.0679. The van der Waals surface area contributed by atoms with Gasteiger partial charge in [-0.15, -0.1) is 0 Å². The summed E-state index contributed by atoms with van der Waals surface area (Å²) in [5.74, 6) is 0.828. The van der Waals surface area contributed by atoms with Crippen LogP contribution in [0.25, 0.3) is 0 Å². The van der Waals surface area contributed by atoms with E-state index in [0.29, 0.717) is 13.2 Å². The summed E-state index contributed by atoms with van der Waals surface area (Å²) in [6, 6.07) is 8.09. The second-order valence-electron chi connectivity index (χ2n) is 6.81. The van der Waals surface area contributed by atoms with Crippen LogP contribution in [0.3, 0.4) is 0 Å². The Balaban J connectivity index is 1.39. The molecule has 3 unspecified atom stereocenters. The number of carbonyl (C=O) groups is 1. The average molecular weight is 348 g/mol. The zero-order valence-corrected chi connectivity index (χ0v) is 14.9. The summed E-state index contributed by atoms with van der Waals surface area (Å²) < 4.78 is 11.3. The number of urea groups is 1. The van der Waals surface area contributed by atoms with Crippen molar-refractivity contribution >= 4 is 6.03 Å². The molecule has 0 aliphatic carbocycles. The SMILES string of the molecule is CC1NNC(C)C1NC(=O)NCc1ccc(OCC2CCCO2)cc1. The lowest BCUT2D eigenvalue weighted by Crippen LogP contribution is -2.49. The van der Waals surface area contributed by atoms with Gasteiger partial charge in [0, 0.05) is 25.2 Å². The normalized spacial score (nSPS) is 28.7. The first-order valence-corrected chi connectivity index (χ1v) is 9.00. The largest absolute Gasteiger partial charge is 0.491 e. The lowest BCUT2D eigenvalue weighted by Gasteiger charge is -2.20. The maximum Gasteiger partial charge on any atom is 0.315 e. The quantitative estimate of drug-likeness (QED) is 0.623. The summed E-state index contributed by atoms with van der Waals surface area (Å²) in [6.45, 7) is 5.99. The van der Waals surface area contributed by atoms with E-state index in [1.807, 2.05) is 38.1 Å². The molecular formula is C18H28N4O3. The van der Waals surface area contributed by atoms with Gasteiger partial charge in [0.1, 0.15) is 12.4 Å². The molecule has 0 bridgehead atoms. The summed E-state index contributed by atoms with van der Waals surface area (Å²) in [5.41, 5.74) is 7.27. The molecule has 7 heteroatoms. The summed E-state index contributed by atoms with van der Waals surface area (Å²) >= 11 is 0. The van der Waals surface area contributed by atoms with Crippen LogP contribution < -0.4 is 26.2 Å². The third kappa shape index (κ3) is 5.07. The first kappa shape index (κ1) is 18.0. The second-order valence-corrected chi connectivity index (χ2v) is 6.81. The minimum absolute atomic E-state index is 0.0635. The standard InChI is InChI=1S/C18H28N4O3/c1-12-17(13(2)22-21-12)20-18(23)19-10-14-5-7-15(8-6-14)25-11-16-4-3-9-24-16/h5-8,12-13,16-17,21-22H,3-4,9-11H2,1-2H3,(H2,19,20,23). The molecule has 0 radical (unpaired) electrons. The molecule has 138 valence electrons. The molecule has 0 saturated carbocycles. The number of carbonyl (C=O) groups excluding carboxylic acids is 1. The molecule has 7 nitrogen and oxygen atoms in total. The summed E-state index contributed by atoms with van der Waals surface area (Å²) in [6.07, 6.45) is 2.40. The summed E-state index contributed by atoms with van der Waals surface area (Å²) in [5, 5.41) is 5.89. The Morgan fingerprint density at radius 2 is 1.96 bits per heavy atom. The first-order valence-electron chi connectivity index (χ1n) is 9.00. The van der Waals surface area contributed by atoms with Gasteiger partial charge in [-0.05, 0) is 44.4 Å². The van der Waals surface area contributed by atoms with Gasteiger partial charge in [-0.1, -0.05) is 12.1 Å². The van der Waals surface area contributed by atoms with Crippen LogP contribution in [-0.4, -0.2) is 43.5 Å². The fourth-order valence-electron chi connectivity index (χ4n) is 3.18. The van der Waals surface area contributed by atoms with Crippen LogP contribution >= 0.6 is 0 Å². The van der Waals surface area contributed by atoms with Crippen LogP contribution in [0.15, 0.2) is 24.3 Å². The van der Waals surface area contributed by atoms with Gasteiger partial charge in [0.05, 0.1) is 12.1 Å². The molecule has 0 spiro atoms. The Kier molecular flexibility index (Phi) is 6.12. The highest BCUT2D eigenvalue weighted by molar-refractivity contribution is 5.74. The number of nitrogens with one attached hydrogen (secondary N) is 4. The van der Waals surface area contributed by atoms with E-state index in [-0.39, 0.29) is 30.3 Å². The van der Waals surface area contributed by atoms with E-state index < -0.39 is 0 Å². The van der Waals surface area contributed by atoms with Gasteiger partial charge in [-0.3, -0.25) is 10.9 Å². The fourth-order valence-corrected chi connectivity index (χ4v) is 3.18. The van der Waals surface area contributed by atoms with Crippen LogP contribution in [-0.2, 0) is 11.3 Å². The monoisotopic (exact) mass is 348 g/mol. The maximum absolute atomic E-state index is 12.1. The van der Waals surface area contributed by atoms with Crippen molar-refractivity contribution in [1.29, 1.82) is 0 Å². The van der Waals surface area contributed by atoms with E-state index in [2.05, 4.69) is 21.5 Å². The number of amides is 2. The van der Waals surface area contributed by atoms with Crippen LogP contribution in [0.5, 0.6) is 5.75 Å². The zero-order valence-electron chi connectivity index (χ0n) is 14.9. The second kappa shape index (κ2) is 8.51.